The van der Waals surface area contributed by atoms with Crippen LogP contribution in [0.2, 0.25) is 0 Å². The number of hydrogen-bond acceptors (Lipinski definition) is 3. The van der Waals surface area contributed by atoms with E-state index >= 15 is 0 Å². The molecule has 0 fully saturated rings. The van der Waals surface area contributed by atoms with E-state index in [1.54, 1.807) is 6.07 Å². The van der Waals surface area contributed by atoms with E-state index in [0.29, 0.717) is 18.6 Å². The van der Waals surface area contributed by atoms with Crippen LogP contribution in [-0.2, 0) is 22.6 Å². The van der Waals surface area contributed by atoms with Crippen molar-refractivity contribution in [3.63, 3.8) is 0 Å². The molecule has 0 saturated carbocycles. The van der Waals surface area contributed by atoms with Gasteiger partial charge in [-0.25, -0.2) is 4.79 Å². The van der Waals surface area contributed by atoms with E-state index in [1.807, 2.05) is 12.1 Å². The highest BCUT2D eigenvalue weighted by atomic mass is 16.5. The Bertz CT molecular complexity index is 396. The summed E-state index contributed by atoms with van der Waals surface area (Å²) in [6.45, 7) is 0.385. The molecule has 2 rings (SSSR count). The average Bonchev–Trinajstić information content (AvgIpc) is 2.61. The smallest absolute Gasteiger partial charge is 0.338 e. The van der Waals surface area contributed by atoms with E-state index < -0.39 is 0 Å². The van der Waals surface area contributed by atoms with Gasteiger partial charge in [0.2, 0.25) is 0 Å². The van der Waals surface area contributed by atoms with Crippen molar-refractivity contribution >= 4 is 12.3 Å². The topological polar surface area (TPSA) is 43.4 Å². The molecule has 0 spiro atoms. The van der Waals surface area contributed by atoms with Crippen LogP contribution in [-0.4, -0.2) is 12.3 Å². The highest BCUT2D eigenvalue weighted by molar-refractivity contribution is 5.93. The summed E-state index contributed by atoms with van der Waals surface area (Å²) in [5.41, 5.74) is 2.80. The summed E-state index contributed by atoms with van der Waals surface area (Å²) < 4.78 is 4.91. The molecule has 78 valence electrons. The van der Waals surface area contributed by atoms with Gasteiger partial charge in [0, 0.05) is 12.0 Å². The Labute approximate surface area is 88.1 Å². The van der Waals surface area contributed by atoms with Crippen molar-refractivity contribution in [1.29, 1.82) is 0 Å². The summed E-state index contributed by atoms with van der Waals surface area (Å²) in [6.07, 6.45) is 3.25. The third-order valence-electron chi connectivity index (χ3n) is 2.54. The largest absolute Gasteiger partial charge is 0.457 e. The lowest BCUT2D eigenvalue weighted by Gasteiger charge is -2.00. The van der Waals surface area contributed by atoms with Crippen molar-refractivity contribution in [2.75, 3.05) is 0 Å². The van der Waals surface area contributed by atoms with Crippen LogP contribution in [0.3, 0.4) is 0 Å². The monoisotopic (exact) mass is 204 g/mol. The Morgan fingerprint density at radius 3 is 3.07 bits per heavy atom. The van der Waals surface area contributed by atoms with Gasteiger partial charge in [0.1, 0.15) is 12.9 Å². The molecule has 0 atom stereocenters. The van der Waals surface area contributed by atoms with Gasteiger partial charge in [-0.1, -0.05) is 12.1 Å². The first kappa shape index (κ1) is 9.90. The highest BCUT2D eigenvalue weighted by Gasteiger charge is 2.20. The van der Waals surface area contributed by atoms with Crippen LogP contribution in [0.4, 0.5) is 0 Å². The van der Waals surface area contributed by atoms with Gasteiger partial charge in [-0.3, -0.25) is 0 Å². The number of cyclic esters (lactones) is 1. The van der Waals surface area contributed by atoms with Crippen molar-refractivity contribution in [3.8, 4) is 0 Å². The van der Waals surface area contributed by atoms with Gasteiger partial charge in [0.25, 0.3) is 0 Å². The van der Waals surface area contributed by atoms with Crippen molar-refractivity contribution in [2.45, 2.75) is 25.9 Å². The molecule has 3 heteroatoms. The number of rotatable bonds is 4. The maximum Gasteiger partial charge on any atom is 0.338 e. The minimum Gasteiger partial charge on any atom is -0.457 e. The quantitative estimate of drug-likeness (QED) is 0.427. The zero-order valence-corrected chi connectivity index (χ0v) is 8.36. The van der Waals surface area contributed by atoms with E-state index in [0.717, 1.165) is 30.3 Å². The molecule has 0 unspecified atom stereocenters. The summed E-state index contributed by atoms with van der Waals surface area (Å²) >= 11 is 0. The molecule has 0 aliphatic carbocycles. The molecule has 0 saturated heterocycles. The third kappa shape index (κ3) is 2.06. The average molecular weight is 204 g/mol. The number of fused-ring (bicyclic) bond motifs is 1. The SMILES string of the molecule is O=CCCCc1ccc2c(c1)COC2=O. The molecule has 0 N–H and O–H groups in total. The van der Waals surface area contributed by atoms with Gasteiger partial charge >= 0.3 is 5.97 Å². The van der Waals surface area contributed by atoms with E-state index in [2.05, 4.69) is 0 Å². The Kier molecular flexibility index (Phi) is 2.81. The number of benzene rings is 1. The maximum absolute atomic E-state index is 11.2. The van der Waals surface area contributed by atoms with E-state index in [4.69, 9.17) is 4.74 Å². The Hall–Kier alpha value is -1.64. The van der Waals surface area contributed by atoms with Crippen LogP contribution in [0.25, 0.3) is 0 Å². The summed E-state index contributed by atoms with van der Waals surface area (Å²) in [4.78, 5) is 21.3. The second-order valence-corrected chi connectivity index (χ2v) is 3.63. The van der Waals surface area contributed by atoms with E-state index in [9.17, 15) is 9.59 Å². The van der Waals surface area contributed by atoms with Gasteiger partial charge in [-0.2, -0.15) is 0 Å². The number of esters is 1. The second kappa shape index (κ2) is 4.26. The normalized spacial score (nSPS) is 13.5. The molecular formula is C12H12O3. The van der Waals surface area contributed by atoms with Gasteiger partial charge in [-0.05, 0) is 24.5 Å². The maximum atomic E-state index is 11.2. The fourth-order valence-electron chi connectivity index (χ4n) is 1.73. The first-order chi connectivity index (χ1) is 7.31. The first-order valence-electron chi connectivity index (χ1n) is 5.04. The van der Waals surface area contributed by atoms with E-state index in [1.165, 1.54) is 0 Å². The van der Waals surface area contributed by atoms with Crippen LogP contribution in [0, 0.1) is 0 Å². The standard InChI is InChI=1S/C12H12O3/c13-6-2-1-3-9-4-5-11-10(7-9)8-15-12(11)14/h4-7H,1-3,8H2. The highest BCUT2D eigenvalue weighted by Crippen LogP contribution is 2.21. The van der Waals surface area contributed by atoms with Crippen molar-refractivity contribution < 1.29 is 14.3 Å². The predicted molar refractivity (Wildman–Crippen MR) is 54.6 cm³/mol. The van der Waals surface area contributed by atoms with Crippen molar-refractivity contribution in [2.24, 2.45) is 0 Å². The number of carbonyl (C=O) groups excluding carboxylic acids is 2. The lowest BCUT2D eigenvalue weighted by Crippen LogP contribution is -1.94. The first-order valence-corrected chi connectivity index (χ1v) is 5.04. The zero-order chi connectivity index (χ0) is 10.7. The van der Waals surface area contributed by atoms with Gasteiger partial charge in [-0.15, -0.1) is 0 Å². The minimum absolute atomic E-state index is 0.232. The number of aldehydes is 1. The summed E-state index contributed by atoms with van der Waals surface area (Å²) in [6, 6.07) is 5.72. The molecule has 0 aromatic heterocycles. The van der Waals surface area contributed by atoms with E-state index in [-0.39, 0.29) is 5.97 Å². The number of unbranched alkanes of at least 4 members (excludes halogenated alkanes) is 1. The zero-order valence-electron chi connectivity index (χ0n) is 8.36. The third-order valence-corrected chi connectivity index (χ3v) is 2.54. The van der Waals surface area contributed by atoms with Crippen LogP contribution < -0.4 is 0 Å². The molecule has 0 radical (unpaired) electrons. The Morgan fingerprint density at radius 1 is 1.40 bits per heavy atom. The van der Waals surface area contributed by atoms with Crippen LogP contribution in [0.15, 0.2) is 18.2 Å². The van der Waals surface area contributed by atoms with Crippen LogP contribution in [0.1, 0.15) is 34.3 Å². The molecule has 1 aromatic rings. The number of hydrogen-bond donors (Lipinski definition) is 0. The summed E-state index contributed by atoms with van der Waals surface area (Å²) in [5, 5.41) is 0. The molecule has 1 aromatic carbocycles. The number of ether oxygens (including phenoxy) is 1. The van der Waals surface area contributed by atoms with Gasteiger partial charge in [0.15, 0.2) is 0 Å². The van der Waals surface area contributed by atoms with Gasteiger partial charge < -0.3 is 9.53 Å². The second-order valence-electron chi connectivity index (χ2n) is 3.63. The molecule has 0 bridgehead atoms. The lowest BCUT2D eigenvalue weighted by molar-refractivity contribution is -0.107. The van der Waals surface area contributed by atoms with Crippen LogP contribution >= 0.6 is 0 Å². The minimum atomic E-state index is -0.232. The molecular weight excluding hydrogens is 192 g/mol. The molecule has 0 amide bonds. The fraction of sp³-hybridized carbons (Fsp3) is 0.333. The number of carbonyl (C=O) groups is 2. The molecule has 1 aliphatic rings. The molecule has 3 nitrogen and oxygen atoms in total. The van der Waals surface area contributed by atoms with Crippen LogP contribution in [0.5, 0.6) is 0 Å². The van der Waals surface area contributed by atoms with Crippen molar-refractivity contribution in [1.82, 2.24) is 0 Å². The summed E-state index contributed by atoms with van der Waals surface area (Å²) in [5.74, 6) is -0.232. The molecule has 1 heterocycles. The predicted octanol–water partition coefficient (Wildman–Crippen LogP) is 1.88. The number of aryl methyl sites for hydroxylation is 1. The lowest BCUT2D eigenvalue weighted by atomic mass is 10.0. The summed E-state index contributed by atoms with van der Waals surface area (Å²) in [7, 11) is 0. The molecule has 15 heavy (non-hydrogen) atoms. The molecule has 1 aliphatic heterocycles. The van der Waals surface area contributed by atoms with Crippen molar-refractivity contribution in [3.05, 3.63) is 34.9 Å². The van der Waals surface area contributed by atoms with Gasteiger partial charge in [0.05, 0.1) is 5.56 Å². The fourth-order valence-corrected chi connectivity index (χ4v) is 1.73. The Balaban J connectivity index is 2.09. The Morgan fingerprint density at radius 2 is 2.27 bits per heavy atom.